The molecule has 0 saturated heterocycles. The third-order valence-electron chi connectivity index (χ3n) is 5.87. The number of carbonyl (C=O) groups is 1. The average molecular weight is 420 g/mol. The van der Waals surface area contributed by atoms with Crippen molar-refractivity contribution in [3.63, 3.8) is 0 Å². The van der Waals surface area contributed by atoms with Crippen molar-refractivity contribution in [2.75, 3.05) is 5.32 Å². The zero-order chi connectivity index (χ0) is 18.5. The van der Waals surface area contributed by atoms with Crippen LogP contribution in [0.2, 0.25) is 0 Å². The molecule has 0 aromatic heterocycles. The van der Waals surface area contributed by atoms with Gasteiger partial charge in [-0.05, 0) is 52.8 Å². The van der Waals surface area contributed by atoms with Crippen LogP contribution in [0.3, 0.4) is 0 Å². The molecule has 0 saturated carbocycles. The number of hydrogen-bond acceptors (Lipinski definition) is 2. The highest BCUT2D eigenvalue weighted by Gasteiger charge is 2.44. The predicted octanol–water partition coefficient (Wildman–Crippen LogP) is 5.62. The maximum atomic E-state index is 11.9. The van der Waals surface area contributed by atoms with Crippen LogP contribution in [0.15, 0.2) is 71.2 Å². The van der Waals surface area contributed by atoms with Crippen LogP contribution < -0.4 is 5.32 Å². The van der Waals surface area contributed by atoms with Gasteiger partial charge in [-0.25, -0.2) is 4.79 Å². The molecule has 27 heavy (non-hydrogen) atoms. The number of halogens is 1. The molecule has 134 valence electrons. The van der Waals surface area contributed by atoms with Crippen LogP contribution in [0.5, 0.6) is 0 Å². The van der Waals surface area contributed by atoms with Crippen LogP contribution in [-0.4, -0.2) is 11.1 Å². The first-order chi connectivity index (χ1) is 13.1. The maximum absolute atomic E-state index is 11.9. The van der Waals surface area contributed by atoms with Crippen LogP contribution >= 0.6 is 15.9 Å². The third kappa shape index (κ3) is 2.59. The van der Waals surface area contributed by atoms with E-state index in [-0.39, 0.29) is 12.0 Å². The van der Waals surface area contributed by atoms with E-state index >= 15 is 0 Å². The molecule has 2 aliphatic rings. The van der Waals surface area contributed by atoms with Gasteiger partial charge in [-0.1, -0.05) is 64.5 Å². The van der Waals surface area contributed by atoms with Crippen LogP contribution in [-0.2, 0) is 6.42 Å². The summed E-state index contributed by atoms with van der Waals surface area (Å²) in [5, 5.41) is 13.3. The van der Waals surface area contributed by atoms with Gasteiger partial charge in [-0.2, -0.15) is 0 Å². The van der Waals surface area contributed by atoms with Gasteiger partial charge >= 0.3 is 5.97 Å². The van der Waals surface area contributed by atoms with Gasteiger partial charge in [0.05, 0.1) is 17.3 Å². The smallest absolute Gasteiger partial charge is 0.337 e. The van der Waals surface area contributed by atoms with E-state index in [1.165, 1.54) is 16.7 Å². The average Bonchev–Trinajstić information content (AvgIpc) is 3.06. The van der Waals surface area contributed by atoms with E-state index in [1.54, 1.807) is 6.07 Å². The maximum Gasteiger partial charge on any atom is 0.337 e. The lowest BCUT2D eigenvalue weighted by atomic mass is 9.75. The molecule has 0 unspecified atom stereocenters. The number of hydrogen-bond donors (Lipinski definition) is 2. The van der Waals surface area contributed by atoms with Crippen LogP contribution in [0.25, 0.3) is 0 Å². The van der Waals surface area contributed by atoms with E-state index in [4.69, 9.17) is 0 Å². The van der Waals surface area contributed by atoms with E-state index in [9.17, 15) is 9.90 Å². The number of para-hydroxylation sites is 1. The first kappa shape index (κ1) is 16.6. The van der Waals surface area contributed by atoms with Gasteiger partial charge in [-0.15, -0.1) is 0 Å². The fraction of sp³-hybridized carbons (Fsp3) is 0.174. The van der Waals surface area contributed by atoms with Crippen molar-refractivity contribution >= 4 is 27.6 Å². The molecule has 1 aliphatic heterocycles. The number of benzene rings is 3. The fourth-order valence-electron chi connectivity index (χ4n) is 4.80. The summed E-state index contributed by atoms with van der Waals surface area (Å²) in [6.07, 6.45) is 0.988. The Hall–Kier alpha value is -2.59. The Labute approximate surface area is 166 Å². The number of rotatable bonds is 2. The molecule has 5 rings (SSSR count). The van der Waals surface area contributed by atoms with Crippen molar-refractivity contribution < 1.29 is 9.90 Å². The minimum Gasteiger partial charge on any atom is -0.478 e. The van der Waals surface area contributed by atoms with Crippen molar-refractivity contribution in [1.82, 2.24) is 0 Å². The largest absolute Gasteiger partial charge is 0.478 e. The summed E-state index contributed by atoms with van der Waals surface area (Å²) < 4.78 is 1.03. The van der Waals surface area contributed by atoms with Gasteiger partial charge in [0.25, 0.3) is 0 Å². The molecule has 3 aromatic rings. The monoisotopic (exact) mass is 419 g/mol. The summed E-state index contributed by atoms with van der Waals surface area (Å²) >= 11 is 3.58. The predicted molar refractivity (Wildman–Crippen MR) is 109 cm³/mol. The molecule has 1 aliphatic carbocycles. The first-order valence-electron chi connectivity index (χ1n) is 9.09. The normalized spacial score (nSPS) is 22.3. The second kappa shape index (κ2) is 6.24. The Bertz CT molecular complexity index is 1060. The number of nitrogens with one attached hydrogen (secondary N) is 1. The minimum absolute atomic E-state index is 0.0629. The van der Waals surface area contributed by atoms with Crippen molar-refractivity contribution in [2.24, 2.45) is 5.92 Å². The zero-order valence-corrected chi connectivity index (χ0v) is 16.1. The molecule has 1 heterocycles. The van der Waals surface area contributed by atoms with Gasteiger partial charge in [0.2, 0.25) is 0 Å². The summed E-state index contributed by atoms with van der Waals surface area (Å²) in [5.74, 6) is -0.328. The van der Waals surface area contributed by atoms with Gasteiger partial charge in [0.15, 0.2) is 0 Å². The van der Waals surface area contributed by atoms with E-state index in [1.807, 2.05) is 18.2 Å². The zero-order valence-electron chi connectivity index (χ0n) is 14.5. The molecule has 4 heteroatoms. The number of carboxylic acids is 1. The Kier molecular flexibility index (Phi) is 3.83. The molecular formula is C23H18BrNO2. The molecule has 3 nitrogen and oxygen atoms in total. The summed E-state index contributed by atoms with van der Waals surface area (Å²) in [6.45, 7) is 0. The Morgan fingerprint density at radius 3 is 2.59 bits per heavy atom. The third-order valence-corrected chi connectivity index (χ3v) is 6.37. The molecule has 0 fully saturated rings. The highest BCUT2D eigenvalue weighted by Crippen LogP contribution is 2.54. The molecule has 2 N–H and O–H groups in total. The Morgan fingerprint density at radius 2 is 1.78 bits per heavy atom. The highest BCUT2D eigenvalue weighted by atomic mass is 79.9. The van der Waals surface area contributed by atoms with Crippen LogP contribution in [0.4, 0.5) is 5.69 Å². The number of aromatic carboxylic acids is 1. The van der Waals surface area contributed by atoms with E-state index in [0.29, 0.717) is 11.5 Å². The van der Waals surface area contributed by atoms with Crippen LogP contribution in [0, 0.1) is 5.92 Å². The van der Waals surface area contributed by atoms with Gasteiger partial charge < -0.3 is 10.4 Å². The quantitative estimate of drug-likeness (QED) is 0.566. The van der Waals surface area contributed by atoms with E-state index < -0.39 is 5.97 Å². The van der Waals surface area contributed by atoms with Gasteiger partial charge in [-0.3, -0.25) is 0 Å². The molecule has 0 spiro atoms. The lowest BCUT2D eigenvalue weighted by Gasteiger charge is -2.38. The van der Waals surface area contributed by atoms with Crippen molar-refractivity contribution in [3.8, 4) is 0 Å². The summed E-state index contributed by atoms with van der Waals surface area (Å²) in [6, 6.07) is 22.6. The second-order valence-corrected chi connectivity index (χ2v) is 8.21. The summed E-state index contributed by atoms with van der Waals surface area (Å²) in [7, 11) is 0. The second-order valence-electron chi connectivity index (χ2n) is 7.30. The number of carboxylic acid groups (broad SMARTS) is 1. The van der Waals surface area contributed by atoms with Crippen molar-refractivity contribution in [3.05, 3.63) is 99.0 Å². The number of fused-ring (bicyclic) bond motifs is 5. The van der Waals surface area contributed by atoms with E-state index in [2.05, 4.69) is 63.7 Å². The van der Waals surface area contributed by atoms with Crippen molar-refractivity contribution in [2.45, 2.75) is 18.4 Å². The van der Waals surface area contributed by atoms with Crippen LogP contribution in [0.1, 0.15) is 44.6 Å². The van der Waals surface area contributed by atoms with Crippen molar-refractivity contribution in [1.29, 1.82) is 0 Å². The fourth-order valence-corrected chi connectivity index (χ4v) is 5.21. The lowest BCUT2D eigenvalue weighted by Crippen LogP contribution is -2.31. The molecule has 0 bridgehead atoms. The molecule has 0 amide bonds. The summed E-state index contributed by atoms with van der Waals surface area (Å²) in [5.41, 5.74) is 6.06. The summed E-state index contributed by atoms with van der Waals surface area (Å²) in [4.78, 5) is 11.9. The van der Waals surface area contributed by atoms with Gasteiger partial charge in [0, 0.05) is 10.4 Å². The molecule has 0 radical (unpaired) electrons. The molecular weight excluding hydrogens is 402 g/mol. The SMILES string of the molecule is O=C(O)c1cccc2c1N[C@H](c1cccc(Br)c1)[C@@H]1Cc3ccccc3[C@H]21. The molecule has 3 atom stereocenters. The Balaban J connectivity index is 1.73. The topological polar surface area (TPSA) is 49.3 Å². The highest BCUT2D eigenvalue weighted by molar-refractivity contribution is 9.10. The minimum atomic E-state index is -0.892. The Morgan fingerprint density at radius 1 is 1.00 bits per heavy atom. The lowest BCUT2D eigenvalue weighted by molar-refractivity contribution is 0.0697. The van der Waals surface area contributed by atoms with E-state index in [0.717, 1.165) is 22.1 Å². The number of anilines is 1. The van der Waals surface area contributed by atoms with Gasteiger partial charge in [0.1, 0.15) is 0 Å². The first-order valence-corrected chi connectivity index (χ1v) is 9.89. The molecule has 3 aromatic carbocycles. The standard InChI is InChI=1S/C23H18BrNO2/c24-15-7-3-6-14(11-15)21-19-12-13-5-1-2-8-16(13)20(19)17-9-4-10-18(23(26)27)22(17)25-21/h1-11,19-21,25H,12H2,(H,26,27)/t19-,20-,21-/m1/s1.